The molecule has 1 aromatic rings. The van der Waals surface area contributed by atoms with Crippen LogP contribution in [0.1, 0.15) is 25.5 Å². The topological polar surface area (TPSA) is 84.7 Å². The van der Waals surface area contributed by atoms with Crippen molar-refractivity contribution in [3.05, 3.63) is 35.6 Å². The lowest BCUT2D eigenvalue weighted by molar-refractivity contribution is -0.139. The van der Waals surface area contributed by atoms with Gasteiger partial charge in [-0.15, -0.1) is 12.4 Å². The number of rotatable bonds is 5. The molecule has 0 aliphatic carbocycles. The number of nitrogens with zero attached hydrogens (tertiary/aromatic N) is 1. The third-order valence-corrected chi connectivity index (χ3v) is 4.10. The van der Waals surface area contributed by atoms with E-state index in [2.05, 4.69) is 5.32 Å². The largest absolute Gasteiger partial charge is 0.370 e. The van der Waals surface area contributed by atoms with Gasteiger partial charge in [0.2, 0.25) is 11.8 Å². The summed E-state index contributed by atoms with van der Waals surface area (Å²) >= 11 is 0. The Morgan fingerprint density at radius 3 is 2.60 bits per heavy atom. The van der Waals surface area contributed by atoms with Crippen LogP contribution < -0.4 is 11.1 Å². The number of nitrogens with one attached hydrogen (secondary N) is 1. The molecular formula is C17H25ClFN3O3. The second kappa shape index (κ2) is 9.70. The molecular weight excluding hydrogens is 349 g/mol. The summed E-state index contributed by atoms with van der Waals surface area (Å²) in [6, 6.07) is 5.41. The Labute approximate surface area is 153 Å². The zero-order valence-corrected chi connectivity index (χ0v) is 15.2. The van der Waals surface area contributed by atoms with E-state index >= 15 is 0 Å². The summed E-state index contributed by atoms with van der Waals surface area (Å²) in [5, 5.41) is 2.58. The Morgan fingerprint density at radius 1 is 1.36 bits per heavy atom. The molecule has 1 aliphatic rings. The van der Waals surface area contributed by atoms with Gasteiger partial charge in [-0.25, -0.2) is 4.39 Å². The molecule has 2 amide bonds. The normalized spacial score (nSPS) is 18.4. The summed E-state index contributed by atoms with van der Waals surface area (Å²) in [6.07, 6.45) is -0.295. The summed E-state index contributed by atoms with van der Waals surface area (Å²) in [5.41, 5.74) is 6.57. The van der Waals surface area contributed by atoms with Crippen LogP contribution in [-0.2, 0) is 14.3 Å². The lowest BCUT2D eigenvalue weighted by Gasteiger charge is -2.33. The van der Waals surface area contributed by atoms with Crippen molar-refractivity contribution in [3.63, 3.8) is 0 Å². The maximum absolute atomic E-state index is 13.0. The van der Waals surface area contributed by atoms with Crippen molar-refractivity contribution in [3.8, 4) is 0 Å². The van der Waals surface area contributed by atoms with Gasteiger partial charge in [0.1, 0.15) is 11.9 Å². The molecule has 6 nitrogen and oxygen atoms in total. The second-order valence-electron chi connectivity index (χ2n) is 6.24. The summed E-state index contributed by atoms with van der Waals surface area (Å²) in [7, 11) is 0. The predicted molar refractivity (Wildman–Crippen MR) is 94.7 cm³/mol. The summed E-state index contributed by atoms with van der Waals surface area (Å²) < 4.78 is 18.7. The van der Waals surface area contributed by atoms with Crippen molar-refractivity contribution < 1.29 is 18.7 Å². The lowest BCUT2D eigenvalue weighted by Crippen LogP contribution is -2.50. The van der Waals surface area contributed by atoms with Crippen LogP contribution in [0.3, 0.4) is 0 Å². The van der Waals surface area contributed by atoms with Gasteiger partial charge in [-0.2, -0.15) is 0 Å². The van der Waals surface area contributed by atoms with Crippen molar-refractivity contribution in [1.29, 1.82) is 0 Å². The van der Waals surface area contributed by atoms with Crippen LogP contribution in [0.25, 0.3) is 0 Å². The number of benzene rings is 1. The van der Waals surface area contributed by atoms with Gasteiger partial charge in [-0.05, 0) is 23.6 Å². The van der Waals surface area contributed by atoms with Crippen LogP contribution in [0.5, 0.6) is 0 Å². The van der Waals surface area contributed by atoms with Gasteiger partial charge in [-0.1, -0.05) is 26.0 Å². The van der Waals surface area contributed by atoms with Gasteiger partial charge < -0.3 is 20.7 Å². The number of hydrogen-bond donors (Lipinski definition) is 2. The number of carbonyl (C=O) groups is 2. The molecule has 0 spiro atoms. The maximum atomic E-state index is 13.0. The van der Waals surface area contributed by atoms with Crippen LogP contribution in [0.2, 0.25) is 0 Å². The van der Waals surface area contributed by atoms with E-state index in [1.165, 1.54) is 12.1 Å². The maximum Gasteiger partial charge on any atom is 0.242 e. The fourth-order valence-corrected chi connectivity index (χ4v) is 2.45. The number of carbonyl (C=O) groups excluding carboxylic acids is 2. The lowest BCUT2D eigenvalue weighted by atomic mass is 10.1. The van der Waals surface area contributed by atoms with Gasteiger partial charge in [0.25, 0.3) is 0 Å². The van der Waals surface area contributed by atoms with E-state index in [1.807, 2.05) is 13.8 Å². The fraction of sp³-hybridized carbons (Fsp3) is 0.529. The van der Waals surface area contributed by atoms with Crippen molar-refractivity contribution in [2.45, 2.75) is 26.0 Å². The summed E-state index contributed by atoms with van der Waals surface area (Å²) in [4.78, 5) is 25.7. The van der Waals surface area contributed by atoms with Gasteiger partial charge in [0.05, 0.1) is 25.7 Å². The van der Waals surface area contributed by atoms with Crippen LogP contribution in [0.15, 0.2) is 24.3 Å². The molecule has 0 bridgehead atoms. The minimum atomic E-state index is -0.630. The first kappa shape index (κ1) is 21.3. The molecule has 0 radical (unpaired) electrons. The fourth-order valence-electron chi connectivity index (χ4n) is 2.45. The second-order valence-corrected chi connectivity index (χ2v) is 6.24. The number of halogens is 2. The van der Waals surface area contributed by atoms with E-state index in [0.29, 0.717) is 19.7 Å². The Balaban J connectivity index is 0.00000312. The smallest absolute Gasteiger partial charge is 0.242 e. The number of ether oxygens (including phenoxy) is 1. The summed E-state index contributed by atoms with van der Waals surface area (Å²) in [6.45, 7) is 4.84. The highest BCUT2D eigenvalue weighted by molar-refractivity contribution is 5.87. The highest BCUT2D eigenvalue weighted by Gasteiger charge is 2.26. The average molecular weight is 374 g/mol. The molecule has 2 rings (SSSR count). The van der Waals surface area contributed by atoms with E-state index in [4.69, 9.17) is 10.5 Å². The van der Waals surface area contributed by atoms with Crippen molar-refractivity contribution >= 4 is 24.2 Å². The Bertz CT molecular complexity index is 583. The standard InChI is InChI=1S/C17H24FN3O3.ClH/c1-11(2)16(19)17(23)20-9-15(22)21-7-8-24-14(10-21)12-3-5-13(18)6-4-12;/h3-6,11,14,16H,7-10,19H2,1-2H3,(H,20,23);1H/t14?,16-;/m0./s1. The minimum Gasteiger partial charge on any atom is -0.370 e. The molecule has 0 saturated carbocycles. The summed E-state index contributed by atoms with van der Waals surface area (Å²) in [5.74, 6) is -0.825. The first-order valence-corrected chi connectivity index (χ1v) is 8.06. The van der Waals surface area contributed by atoms with Gasteiger partial charge >= 0.3 is 0 Å². The highest BCUT2D eigenvalue weighted by atomic mass is 35.5. The first-order valence-electron chi connectivity index (χ1n) is 8.06. The zero-order valence-electron chi connectivity index (χ0n) is 14.4. The van der Waals surface area contributed by atoms with Crippen LogP contribution in [0, 0.1) is 11.7 Å². The molecule has 2 atom stereocenters. The molecule has 1 heterocycles. The third kappa shape index (κ3) is 5.95. The molecule has 1 unspecified atom stereocenters. The molecule has 0 aromatic heterocycles. The third-order valence-electron chi connectivity index (χ3n) is 4.10. The number of nitrogens with two attached hydrogens (primary N) is 1. The molecule has 1 fully saturated rings. The molecule has 140 valence electrons. The zero-order chi connectivity index (χ0) is 17.7. The average Bonchev–Trinajstić information content (AvgIpc) is 2.59. The van der Waals surface area contributed by atoms with E-state index in [1.54, 1.807) is 17.0 Å². The minimum absolute atomic E-state index is 0. The van der Waals surface area contributed by atoms with Crippen LogP contribution in [-0.4, -0.2) is 49.0 Å². The van der Waals surface area contributed by atoms with Gasteiger partial charge in [0, 0.05) is 6.54 Å². The van der Waals surface area contributed by atoms with Crippen molar-refractivity contribution in [1.82, 2.24) is 10.2 Å². The predicted octanol–water partition coefficient (Wildman–Crippen LogP) is 1.25. The molecule has 1 saturated heterocycles. The van der Waals surface area contributed by atoms with Gasteiger partial charge in [0.15, 0.2) is 0 Å². The Morgan fingerprint density at radius 2 is 2.00 bits per heavy atom. The monoisotopic (exact) mass is 373 g/mol. The van der Waals surface area contributed by atoms with E-state index in [9.17, 15) is 14.0 Å². The van der Waals surface area contributed by atoms with Crippen molar-refractivity contribution in [2.24, 2.45) is 11.7 Å². The quantitative estimate of drug-likeness (QED) is 0.813. The number of amides is 2. The van der Waals surface area contributed by atoms with E-state index in [0.717, 1.165) is 5.56 Å². The van der Waals surface area contributed by atoms with Crippen LogP contribution >= 0.6 is 12.4 Å². The number of hydrogen-bond acceptors (Lipinski definition) is 4. The van der Waals surface area contributed by atoms with Crippen molar-refractivity contribution in [2.75, 3.05) is 26.2 Å². The molecule has 8 heteroatoms. The van der Waals surface area contributed by atoms with Crippen LogP contribution in [0.4, 0.5) is 4.39 Å². The first-order chi connectivity index (χ1) is 11.4. The van der Waals surface area contributed by atoms with E-state index < -0.39 is 6.04 Å². The SMILES string of the molecule is CC(C)[C@H](N)C(=O)NCC(=O)N1CCOC(c2ccc(F)cc2)C1.Cl. The molecule has 25 heavy (non-hydrogen) atoms. The molecule has 1 aliphatic heterocycles. The van der Waals surface area contributed by atoms with Gasteiger partial charge in [-0.3, -0.25) is 9.59 Å². The van der Waals surface area contributed by atoms with E-state index in [-0.39, 0.29) is 48.6 Å². The molecule has 1 aromatic carbocycles. The Kier molecular flexibility index (Phi) is 8.28. The highest BCUT2D eigenvalue weighted by Crippen LogP contribution is 2.22. The molecule has 3 N–H and O–H groups in total. The Hall–Kier alpha value is -1.70. The number of morpholine rings is 1.